The Morgan fingerprint density at radius 1 is 1.12 bits per heavy atom. The van der Waals surface area contributed by atoms with Gasteiger partial charge in [-0.25, -0.2) is 4.79 Å². The lowest BCUT2D eigenvalue weighted by Crippen LogP contribution is -2.41. The number of nitrogens with zero attached hydrogens (tertiary/aromatic N) is 4. The number of carbonyl (C=O) groups excluding carboxylic acids is 2. The Morgan fingerprint density at radius 2 is 1.91 bits per heavy atom. The molecule has 0 aromatic carbocycles. The van der Waals surface area contributed by atoms with Crippen LogP contribution in [0.4, 0.5) is 10.6 Å². The summed E-state index contributed by atoms with van der Waals surface area (Å²) in [6.45, 7) is 8.35. The number of carbonyl (C=O) groups is 2. The average molecular weight is 442 g/mol. The molecule has 2 saturated heterocycles. The summed E-state index contributed by atoms with van der Waals surface area (Å²) >= 11 is 0. The number of furan rings is 1. The third-order valence-corrected chi connectivity index (χ3v) is 5.81. The molecule has 0 saturated carbocycles. The van der Waals surface area contributed by atoms with Crippen LogP contribution in [0.3, 0.4) is 0 Å². The SMILES string of the molecule is CC(C)(C)OC(=O)N1CCC(c2ccc(C(=O)NC3CCN(c4cccnn4)C3)o2)CC1. The zero-order valence-electron chi connectivity index (χ0n) is 18.9. The molecule has 1 atom stereocenters. The topological polar surface area (TPSA) is 101 Å². The average Bonchev–Trinajstić information content (AvgIpc) is 3.43. The van der Waals surface area contributed by atoms with Gasteiger partial charge in [-0.3, -0.25) is 4.79 Å². The van der Waals surface area contributed by atoms with Crippen molar-refractivity contribution in [1.29, 1.82) is 0 Å². The molecule has 0 aliphatic carbocycles. The van der Waals surface area contributed by atoms with Crippen LogP contribution >= 0.6 is 0 Å². The van der Waals surface area contributed by atoms with E-state index in [1.165, 1.54) is 0 Å². The smallest absolute Gasteiger partial charge is 0.410 e. The zero-order chi connectivity index (χ0) is 22.7. The van der Waals surface area contributed by atoms with Crippen LogP contribution in [0.2, 0.25) is 0 Å². The molecule has 4 heterocycles. The second-order valence-electron chi connectivity index (χ2n) is 9.43. The third kappa shape index (κ3) is 5.38. The molecule has 2 aliphatic rings. The van der Waals surface area contributed by atoms with Gasteiger partial charge in [-0.15, -0.1) is 5.10 Å². The number of aromatic nitrogens is 2. The van der Waals surface area contributed by atoms with Crippen molar-refractivity contribution in [1.82, 2.24) is 20.4 Å². The van der Waals surface area contributed by atoms with E-state index in [-0.39, 0.29) is 24.0 Å². The van der Waals surface area contributed by atoms with E-state index in [0.717, 1.165) is 37.4 Å². The molecular weight excluding hydrogens is 410 g/mol. The fourth-order valence-corrected chi connectivity index (χ4v) is 4.17. The number of anilines is 1. The van der Waals surface area contributed by atoms with Crippen LogP contribution in [0.15, 0.2) is 34.9 Å². The molecule has 172 valence electrons. The van der Waals surface area contributed by atoms with Gasteiger partial charge >= 0.3 is 6.09 Å². The van der Waals surface area contributed by atoms with Crippen molar-refractivity contribution in [2.75, 3.05) is 31.1 Å². The quantitative estimate of drug-likeness (QED) is 0.777. The maximum atomic E-state index is 12.7. The van der Waals surface area contributed by atoms with E-state index in [1.807, 2.05) is 39.0 Å². The van der Waals surface area contributed by atoms with Gasteiger partial charge in [0.1, 0.15) is 11.4 Å². The molecule has 4 rings (SSSR count). The Kier molecular flexibility index (Phi) is 6.34. The minimum absolute atomic E-state index is 0.0372. The highest BCUT2D eigenvalue weighted by molar-refractivity contribution is 5.91. The first-order valence-corrected chi connectivity index (χ1v) is 11.2. The minimum atomic E-state index is -0.498. The highest BCUT2D eigenvalue weighted by atomic mass is 16.6. The third-order valence-electron chi connectivity index (χ3n) is 5.81. The lowest BCUT2D eigenvalue weighted by atomic mass is 9.95. The number of hydrogen-bond acceptors (Lipinski definition) is 7. The van der Waals surface area contributed by atoms with Crippen LogP contribution in [0.5, 0.6) is 0 Å². The van der Waals surface area contributed by atoms with Gasteiger partial charge in [-0.05, 0) is 64.3 Å². The van der Waals surface area contributed by atoms with E-state index in [2.05, 4.69) is 20.4 Å². The van der Waals surface area contributed by atoms with Crippen LogP contribution in [-0.4, -0.2) is 64.9 Å². The fourth-order valence-electron chi connectivity index (χ4n) is 4.17. The molecule has 0 bridgehead atoms. The van der Waals surface area contributed by atoms with Crippen molar-refractivity contribution in [2.45, 2.75) is 57.6 Å². The van der Waals surface area contributed by atoms with E-state index in [9.17, 15) is 9.59 Å². The van der Waals surface area contributed by atoms with Gasteiger partial charge in [0.25, 0.3) is 5.91 Å². The summed E-state index contributed by atoms with van der Waals surface area (Å²) < 4.78 is 11.4. The molecule has 1 N–H and O–H groups in total. The van der Waals surface area contributed by atoms with Crippen molar-refractivity contribution in [2.24, 2.45) is 0 Å². The van der Waals surface area contributed by atoms with Gasteiger partial charge in [0, 0.05) is 44.3 Å². The lowest BCUT2D eigenvalue weighted by molar-refractivity contribution is 0.0200. The molecule has 32 heavy (non-hydrogen) atoms. The van der Waals surface area contributed by atoms with Crippen molar-refractivity contribution in [3.63, 3.8) is 0 Å². The molecule has 9 heteroatoms. The second kappa shape index (κ2) is 9.18. The zero-order valence-corrected chi connectivity index (χ0v) is 18.9. The number of ether oxygens (including phenoxy) is 1. The maximum absolute atomic E-state index is 12.7. The number of rotatable bonds is 4. The summed E-state index contributed by atoms with van der Waals surface area (Å²) in [5.41, 5.74) is -0.498. The Bertz CT molecular complexity index is 931. The van der Waals surface area contributed by atoms with Gasteiger partial charge < -0.3 is 24.3 Å². The Hall–Kier alpha value is -3.10. The first kappa shape index (κ1) is 22.1. The van der Waals surface area contributed by atoms with Gasteiger partial charge in [-0.1, -0.05) is 0 Å². The number of amides is 2. The van der Waals surface area contributed by atoms with Crippen LogP contribution in [0.25, 0.3) is 0 Å². The van der Waals surface area contributed by atoms with Crippen LogP contribution < -0.4 is 10.2 Å². The fraction of sp³-hybridized carbons (Fsp3) is 0.565. The van der Waals surface area contributed by atoms with Gasteiger partial charge in [-0.2, -0.15) is 5.10 Å². The summed E-state index contributed by atoms with van der Waals surface area (Å²) in [5.74, 6) is 1.93. The van der Waals surface area contributed by atoms with Crippen molar-refractivity contribution < 1.29 is 18.7 Å². The lowest BCUT2D eigenvalue weighted by Gasteiger charge is -2.32. The largest absolute Gasteiger partial charge is 0.456 e. The molecule has 2 amide bonds. The molecule has 2 aromatic heterocycles. The van der Waals surface area contributed by atoms with Gasteiger partial charge in [0.2, 0.25) is 0 Å². The van der Waals surface area contributed by atoms with E-state index >= 15 is 0 Å². The predicted octanol–water partition coefficient (Wildman–Crippen LogP) is 3.19. The molecule has 1 unspecified atom stereocenters. The van der Waals surface area contributed by atoms with Crippen LogP contribution in [-0.2, 0) is 4.74 Å². The van der Waals surface area contributed by atoms with Crippen molar-refractivity contribution in [3.05, 3.63) is 42.0 Å². The van der Waals surface area contributed by atoms with Crippen LogP contribution in [0.1, 0.15) is 62.3 Å². The molecule has 9 nitrogen and oxygen atoms in total. The highest BCUT2D eigenvalue weighted by Gasteiger charge is 2.30. The first-order valence-electron chi connectivity index (χ1n) is 11.2. The Labute approximate surface area is 188 Å². The van der Waals surface area contributed by atoms with E-state index in [0.29, 0.717) is 25.4 Å². The van der Waals surface area contributed by atoms with Gasteiger partial charge in [0.05, 0.1) is 0 Å². The van der Waals surface area contributed by atoms with Gasteiger partial charge in [0.15, 0.2) is 11.6 Å². The Morgan fingerprint density at radius 3 is 2.59 bits per heavy atom. The van der Waals surface area contributed by atoms with E-state index in [1.54, 1.807) is 17.2 Å². The summed E-state index contributed by atoms with van der Waals surface area (Å²) in [6.07, 6.45) is 3.78. The molecule has 2 aromatic rings. The molecule has 0 spiro atoms. The summed E-state index contributed by atoms with van der Waals surface area (Å²) in [5, 5.41) is 11.1. The van der Waals surface area contributed by atoms with Crippen LogP contribution in [0, 0.1) is 0 Å². The summed E-state index contributed by atoms with van der Waals surface area (Å²) in [7, 11) is 0. The first-order chi connectivity index (χ1) is 15.3. The number of hydrogen-bond donors (Lipinski definition) is 1. The number of piperidine rings is 1. The summed E-state index contributed by atoms with van der Waals surface area (Å²) in [4.78, 5) is 28.8. The van der Waals surface area contributed by atoms with E-state index in [4.69, 9.17) is 9.15 Å². The molecule has 0 radical (unpaired) electrons. The van der Waals surface area contributed by atoms with E-state index < -0.39 is 5.60 Å². The molecule has 2 fully saturated rings. The molecule has 2 aliphatic heterocycles. The highest BCUT2D eigenvalue weighted by Crippen LogP contribution is 2.30. The Balaban J connectivity index is 1.27. The number of nitrogens with one attached hydrogen (secondary N) is 1. The predicted molar refractivity (Wildman–Crippen MR) is 119 cm³/mol. The normalized spacial score (nSPS) is 19.8. The second-order valence-corrected chi connectivity index (χ2v) is 9.43. The monoisotopic (exact) mass is 441 g/mol. The minimum Gasteiger partial charge on any atom is -0.456 e. The number of likely N-dealkylation sites (tertiary alicyclic amines) is 1. The summed E-state index contributed by atoms with van der Waals surface area (Å²) in [6, 6.07) is 7.43. The van der Waals surface area contributed by atoms with Crippen molar-refractivity contribution >= 4 is 17.8 Å². The maximum Gasteiger partial charge on any atom is 0.410 e. The standard InChI is InChI=1S/C23H31N5O4/c1-23(2,3)32-22(30)27-12-8-16(9-13-27)18-6-7-19(31-18)21(29)25-17-10-14-28(15-17)20-5-4-11-24-26-20/h4-7,11,16-17H,8-10,12-15H2,1-3H3,(H,25,29). The van der Waals surface area contributed by atoms with Crippen molar-refractivity contribution in [3.8, 4) is 0 Å². The molecular formula is C23H31N5O4.